The zero-order chi connectivity index (χ0) is 12.7. The first-order chi connectivity index (χ1) is 8.65. The van der Waals surface area contributed by atoms with Gasteiger partial charge in [0.2, 0.25) is 5.28 Å². The fraction of sp³-hybridized carbons (Fsp3) is 0.0909. The van der Waals surface area contributed by atoms with E-state index in [9.17, 15) is 0 Å². The minimum Gasteiger partial charge on any atom is -0.250 e. The first-order valence-corrected chi connectivity index (χ1v) is 5.87. The highest BCUT2D eigenvalue weighted by molar-refractivity contribution is 6.33. The van der Waals surface area contributed by atoms with E-state index in [4.69, 9.17) is 23.2 Å². The molecule has 0 spiro atoms. The van der Waals surface area contributed by atoms with Gasteiger partial charge in [0.05, 0.1) is 23.1 Å². The van der Waals surface area contributed by atoms with Gasteiger partial charge in [-0.3, -0.25) is 4.68 Å². The predicted octanol–water partition coefficient (Wildman–Crippen LogP) is 2.73. The van der Waals surface area contributed by atoms with Gasteiger partial charge in [0, 0.05) is 24.2 Å². The molecule has 0 unspecified atom stereocenters. The highest BCUT2D eigenvalue weighted by atomic mass is 35.5. The first-order valence-electron chi connectivity index (χ1n) is 5.11. The Hall–Kier alpha value is -1.72. The molecule has 3 heterocycles. The Morgan fingerprint density at radius 2 is 1.94 bits per heavy atom. The van der Waals surface area contributed by atoms with E-state index < -0.39 is 0 Å². The molecule has 0 aromatic carbocycles. The third kappa shape index (κ3) is 1.81. The fourth-order valence-electron chi connectivity index (χ4n) is 1.72. The average Bonchev–Trinajstić information content (AvgIpc) is 2.74. The summed E-state index contributed by atoms with van der Waals surface area (Å²) in [6.07, 6.45) is 4.90. The van der Waals surface area contributed by atoms with Crippen LogP contribution in [-0.4, -0.2) is 24.7 Å². The molecule has 90 valence electrons. The highest BCUT2D eigenvalue weighted by Gasteiger charge is 2.10. The molecule has 0 aliphatic heterocycles. The summed E-state index contributed by atoms with van der Waals surface area (Å²) in [5, 5.41) is 5.64. The summed E-state index contributed by atoms with van der Waals surface area (Å²) in [6, 6.07) is 1.92. The average molecular weight is 280 g/mol. The summed E-state index contributed by atoms with van der Waals surface area (Å²) < 4.78 is 1.70. The molecular weight excluding hydrogens is 273 g/mol. The number of pyridine rings is 1. The van der Waals surface area contributed by atoms with Crippen LogP contribution in [0.5, 0.6) is 0 Å². The molecule has 3 aromatic heterocycles. The summed E-state index contributed by atoms with van der Waals surface area (Å²) in [5.41, 5.74) is 2.15. The number of hydrogen-bond donors (Lipinski definition) is 0. The van der Waals surface area contributed by atoms with Gasteiger partial charge in [-0.25, -0.2) is 15.0 Å². The SMILES string of the molecule is Cn1ncc2cc(-c3nc(Cl)ncc3Cl)cnc21. The minimum absolute atomic E-state index is 0.153. The molecule has 0 bridgehead atoms. The monoisotopic (exact) mass is 279 g/mol. The van der Waals surface area contributed by atoms with Gasteiger partial charge in [0.15, 0.2) is 5.65 Å². The molecule has 0 aliphatic carbocycles. The fourth-order valence-corrected chi connectivity index (χ4v) is 2.05. The number of fused-ring (bicyclic) bond motifs is 1. The maximum atomic E-state index is 6.05. The molecule has 3 rings (SSSR count). The zero-order valence-corrected chi connectivity index (χ0v) is 10.8. The van der Waals surface area contributed by atoms with Gasteiger partial charge < -0.3 is 0 Å². The summed E-state index contributed by atoms with van der Waals surface area (Å²) in [6.45, 7) is 0. The van der Waals surface area contributed by atoms with Crippen LogP contribution in [0.15, 0.2) is 24.7 Å². The Morgan fingerprint density at radius 3 is 2.78 bits per heavy atom. The van der Waals surface area contributed by atoms with Crippen molar-refractivity contribution in [1.29, 1.82) is 0 Å². The van der Waals surface area contributed by atoms with E-state index in [0.717, 1.165) is 16.6 Å². The molecular formula is C11H7Cl2N5. The normalized spacial score (nSPS) is 11.1. The molecule has 0 saturated heterocycles. The first kappa shape index (κ1) is 11.4. The molecule has 3 aromatic rings. The van der Waals surface area contributed by atoms with Crippen molar-refractivity contribution in [1.82, 2.24) is 24.7 Å². The van der Waals surface area contributed by atoms with Gasteiger partial charge in [-0.2, -0.15) is 5.10 Å². The van der Waals surface area contributed by atoms with Crippen molar-refractivity contribution in [2.75, 3.05) is 0 Å². The van der Waals surface area contributed by atoms with E-state index >= 15 is 0 Å². The number of aryl methyl sites for hydroxylation is 1. The van der Waals surface area contributed by atoms with Gasteiger partial charge in [-0.05, 0) is 17.7 Å². The Labute approximate surface area is 112 Å². The molecule has 0 atom stereocenters. The van der Waals surface area contributed by atoms with E-state index in [0.29, 0.717) is 10.7 Å². The second kappa shape index (κ2) is 4.19. The van der Waals surface area contributed by atoms with Gasteiger partial charge in [-0.1, -0.05) is 11.6 Å². The van der Waals surface area contributed by atoms with Crippen LogP contribution in [0.4, 0.5) is 0 Å². The Morgan fingerprint density at radius 1 is 1.11 bits per heavy atom. The Bertz CT molecular complexity index is 737. The molecule has 0 N–H and O–H groups in total. The Kier molecular flexibility index (Phi) is 2.65. The van der Waals surface area contributed by atoms with Gasteiger partial charge in [-0.15, -0.1) is 0 Å². The number of rotatable bonds is 1. The highest BCUT2D eigenvalue weighted by Crippen LogP contribution is 2.27. The van der Waals surface area contributed by atoms with Crippen LogP contribution in [0.25, 0.3) is 22.3 Å². The van der Waals surface area contributed by atoms with E-state index in [1.165, 1.54) is 6.20 Å². The summed E-state index contributed by atoms with van der Waals surface area (Å²) in [7, 11) is 1.84. The number of aromatic nitrogens is 5. The Balaban J connectivity index is 2.22. The van der Waals surface area contributed by atoms with Crippen LogP contribution in [0.1, 0.15) is 0 Å². The lowest BCUT2D eigenvalue weighted by atomic mass is 10.2. The zero-order valence-electron chi connectivity index (χ0n) is 9.30. The molecule has 0 saturated carbocycles. The summed E-state index contributed by atoms with van der Waals surface area (Å²) >= 11 is 11.8. The van der Waals surface area contributed by atoms with E-state index in [-0.39, 0.29) is 5.28 Å². The molecule has 0 fully saturated rings. The van der Waals surface area contributed by atoms with Crippen LogP contribution >= 0.6 is 23.2 Å². The summed E-state index contributed by atoms with van der Waals surface area (Å²) in [5.74, 6) is 0. The quantitative estimate of drug-likeness (QED) is 0.643. The second-order valence-electron chi connectivity index (χ2n) is 3.74. The number of hydrogen-bond acceptors (Lipinski definition) is 4. The lowest BCUT2D eigenvalue weighted by Crippen LogP contribution is -1.93. The van der Waals surface area contributed by atoms with E-state index in [1.807, 2.05) is 13.1 Å². The molecule has 5 nitrogen and oxygen atoms in total. The summed E-state index contributed by atoms with van der Waals surface area (Å²) in [4.78, 5) is 12.3. The smallest absolute Gasteiger partial charge is 0.222 e. The minimum atomic E-state index is 0.153. The maximum Gasteiger partial charge on any atom is 0.222 e. The van der Waals surface area contributed by atoms with Crippen molar-refractivity contribution in [2.24, 2.45) is 7.05 Å². The molecule has 7 heteroatoms. The molecule has 18 heavy (non-hydrogen) atoms. The molecule has 0 aliphatic rings. The van der Waals surface area contributed by atoms with Crippen molar-refractivity contribution in [2.45, 2.75) is 0 Å². The lowest BCUT2D eigenvalue weighted by Gasteiger charge is -2.03. The molecule has 0 radical (unpaired) electrons. The van der Waals surface area contributed by atoms with Gasteiger partial charge in [0.1, 0.15) is 0 Å². The van der Waals surface area contributed by atoms with E-state index in [1.54, 1.807) is 17.1 Å². The standard InChI is InChI=1S/C11H7Cl2N5/c1-18-10-7(4-16-18)2-6(3-14-10)9-8(12)5-15-11(13)17-9/h2-5H,1H3. The van der Waals surface area contributed by atoms with Crippen LogP contribution in [-0.2, 0) is 7.05 Å². The largest absolute Gasteiger partial charge is 0.250 e. The topological polar surface area (TPSA) is 56.5 Å². The predicted molar refractivity (Wildman–Crippen MR) is 69.6 cm³/mol. The van der Waals surface area contributed by atoms with Crippen molar-refractivity contribution >= 4 is 34.2 Å². The third-order valence-corrected chi connectivity index (χ3v) is 3.02. The molecule has 0 amide bonds. The van der Waals surface area contributed by atoms with Crippen LogP contribution in [0, 0.1) is 0 Å². The third-order valence-electron chi connectivity index (χ3n) is 2.56. The van der Waals surface area contributed by atoms with Crippen LogP contribution in [0.3, 0.4) is 0 Å². The van der Waals surface area contributed by atoms with Crippen molar-refractivity contribution in [3.63, 3.8) is 0 Å². The maximum absolute atomic E-state index is 6.05. The van der Waals surface area contributed by atoms with Crippen LogP contribution in [0.2, 0.25) is 10.3 Å². The lowest BCUT2D eigenvalue weighted by molar-refractivity contribution is 0.786. The van der Waals surface area contributed by atoms with Crippen LogP contribution < -0.4 is 0 Å². The van der Waals surface area contributed by atoms with Crippen molar-refractivity contribution < 1.29 is 0 Å². The number of nitrogens with zero attached hydrogens (tertiary/aromatic N) is 5. The van der Waals surface area contributed by atoms with Crippen molar-refractivity contribution in [3.8, 4) is 11.3 Å². The van der Waals surface area contributed by atoms with Gasteiger partial charge >= 0.3 is 0 Å². The second-order valence-corrected chi connectivity index (χ2v) is 4.49. The van der Waals surface area contributed by atoms with Gasteiger partial charge in [0.25, 0.3) is 0 Å². The number of halogens is 2. The van der Waals surface area contributed by atoms with Crippen molar-refractivity contribution in [3.05, 3.63) is 35.0 Å². The van der Waals surface area contributed by atoms with E-state index in [2.05, 4.69) is 20.1 Å².